The molecule has 1 unspecified atom stereocenters. The number of benzene rings is 1. The lowest BCUT2D eigenvalue weighted by Crippen LogP contribution is -2.31. The number of hydrogen-bond acceptors (Lipinski definition) is 5. The van der Waals surface area contributed by atoms with E-state index in [4.69, 9.17) is 13.8 Å². The Bertz CT molecular complexity index is 610. The highest BCUT2D eigenvalue weighted by Gasteiger charge is 2.33. The fourth-order valence-electron chi connectivity index (χ4n) is 2.58. The van der Waals surface area contributed by atoms with E-state index >= 15 is 0 Å². The minimum atomic E-state index is -3.34. The van der Waals surface area contributed by atoms with Crippen LogP contribution in [0, 0.1) is 5.41 Å². The van der Waals surface area contributed by atoms with E-state index in [1.807, 2.05) is 51.1 Å². The number of carbonyl (C=O) groups is 1. The Labute approximate surface area is 177 Å². The first-order valence-corrected chi connectivity index (χ1v) is 12.6. The molecule has 0 bridgehead atoms. The highest BCUT2D eigenvalue weighted by atomic mass is 31.2. The van der Waals surface area contributed by atoms with Crippen LogP contribution in [0.5, 0.6) is 0 Å². The van der Waals surface area contributed by atoms with Gasteiger partial charge in [-0.05, 0) is 52.0 Å². The van der Waals surface area contributed by atoms with Crippen LogP contribution in [0.2, 0.25) is 0 Å². The van der Waals surface area contributed by atoms with Crippen LogP contribution in [0.3, 0.4) is 0 Å². The summed E-state index contributed by atoms with van der Waals surface area (Å²) in [5, 5.41) is 0. The number of aryl methyl sites for hydroxylation is 1. The maximum absolute atomic E-state index is 13.4. The molecule has 1 aromatic carbocycles. The molecule has 0 saturated carbocycles. The quantitative estimate of drug-likeness (QED) is 0.196. The van der Waals surface area contributed by atoms with Crippen LogP contribution in [0.4, 0.5) is 0 Å². The molecular formula is C23H39O5P. The molecule has 166 valence electrons. The Kier molecular flexibility index (Phi) is 11.8. The predicted octanol–water partition coefficient (Wildman–Crippen LogP) is 6.40. The number of esters is 1. The second-order valence-electron chi connectivity index (χ2n) is 8.47. The maximum Gasteiger partial charge on any atom is 0.334 e. The van der Waals surface area contributed by atoms with E-state index in [0.717, 1.165) is 37.7 Å². The molecule has 0 aromatic heterocycles. The lowest BCUT2D eigenvalue weighted by atomic mass is 9.97. The summed E-state index contributed by atoms with van der Waals surface area (Å²) in [4.78, 5) is 12.5. The smallest absolute Gasteiger partial charge is 0.334 e. The monoisotopic (exact) mass is 426 g/mol. The van der Waals surface area contributed by atoms with Crippen LogP contribution in [0.25, 0.3) is 0 Å². The average Bonchev–Trinajstić information content (AvgIpc) is 2.66. The predicted molar refractivity (Wildman–Crippen MR) is 118 cm³/mol. The van der Waals surface area contributed by atoms with E-state index in [2.05, 4.69) is 13.8 Å². The largest absolute Gasteiger partial charge is 0.461 e. The summed E-state index contributed by atoms with van der Waals surface area (Å²) in [6, 6.07) is 10.0. The van der Waals surface area contributed by atoms with Gasteiger partial charge in [-0.2, -0.15) is 0 Å². The van der Waals surface area contributed by atoms with E-state index in [-0.39, 0.29) is 12.1 Å². The van der Waals surface area contributed by atoms with E-state index < -0.39 is 19.1 Å². The molecular weight excluding hydrogens is 387 g/mol. The maximum atomic E-state index is 13.4. The SMILES string of the molecule is CCCCOP(=O)(CC(CCc1ccccc1)OC(=O)C(C)(C)C)OCCCC. The Morgan fingerprint density at radius 1 is 1.00 bits per heavy atom. The van der Waals surface area contributed by atoms with Gasteiger partial charge in [0, 0.05) is 0 Å². The second kappa shape index (κ2) is 13.2. The number of hydrogen-bond donors (Lipinski definition) is 0. The van der Waals surface area contributed by atoms with E-state index in [1.165, 1.54) is 0 Å². The van der Waals surface area contributed by atoms with Crippen LogP contribution in [0.1, 0.15) is 72.3 Å². The molecule has 0 aliphatic heterocycles. The summed E-state index contributed by atoms with van der Waals surface area (Å²) < 4.78 is 30.6. The highest BCUT2D eigenvalue weighted by Crippen LogP contribution is 2.50. The van der Waals surface area contributed by atoms with Gasteiger partial charge in [0.15, 0.2) is 0 Å². The van der Waals surface area contributed by atoms with Gasteiger partial charge in [0.05, 0.1) is 24.8 Å². The van der Waals surface area contributed by atoms with Gasteiger partial charge >= 0.3 is 13.6 Å². The number of rotatable bonds is 14. The third kappa shape index (κ3) is 11.0. The average molecular weight is 427 g/mol. The molecule has 0 N–H and O–H groups in total. The molecule has 0 spiro atoms. The summed E-state index contributed by atoms with van der Waals surface area (Å²) in [6.07, 6.45) is 4.41. The molecule has 0 aliphatic carbocycles. The summed E-state index contributed by atoms with van der Waals surface area (Å²) in [5.74, 6) is -0.302. The van der Waals surface area contributed by atoms with E-state index in [0.29, 0.717) is 19.6 Å². The Morgan fingerprint density at radius 2 is 1.55 bits per heavy atom. The number of carbonyl (C=O) groups excluding carboxylic acids is 1. The molecule has 5 nitrogen and oxygen atoms in total. The standard InChI is InChI=1S/C23H39O5P/c1-6-8-17-26-29(25,27-18-9-7-2)19-21(28-22(24)23(3,4)5)16-15-20-13-11-10-12-14-20/h10-14,21H,6-9,15-19H2,1-5H3. The normalized spacial score (nSPS) is 13.3. The minimum absolute atomic E-state index is 0.0923. The first-order chi connectivity index (χ1) is 13.7. The van der Waals surface area contributed by atoms with Crippen molar-refractivity contribution < 1.29 is 23.1 Å². The molecule has 6 heteroatoms. The highest BCUT2D eigenvalue weighted by molar-refractivity contribution is 7.53. The zero-order valence-electron chi connectivity index (χ0n) is 18.8. The fraction of sp³-hybridized carbons (Fsp3) is 0.696. The van der Waals surface area contributed by atoms with Crippen LogP contribution in [-0.4, -0.2) is 31.4 Å². The lowest BCUT2D eigenvalue weighted by Gasteiger charge is -2.27. The molecule has 1 aromatic rings. The molecule has 0 heterocycles. The van der Waals surface area contributed by atoms with Crippen LogP contribution in [0.15, 0.2) is 30.3 Å². The third-order valence-electron chi connectivity index (χ3n) is 4.48. The summed E-state index contributed by atoms with van der Waals surface area (Å²) in [5.41, 5.74) is 0.527. The van der Waals surface area contributed by atoms with Gasteiger partial charge in [-0.3, -0.25) is 9.36 Å². The first kappa shape index (κ1) is 25.9. The van der Waals surface area contributed by atoms with Crippen molar-refractivity contribution in [2.75, 3.05) is 19.4 Å². The summed E-state index contributed by atoms with van der Waals surface area (Å²) >= 11 is 0. The molecule has 0 fully saturated rings. The van der Waals surface area contributed by atoms with Gasteiger partial charge in [-0.25, -0.2) is 0 Å². The molecule has 29 heavy (non-hydrogen) atoms. The number of unbranched alkanes of at least 4 members (excludes halogenated alkanes) is 2. The van der Waals surface area contributed by atoms with Crippen molar-refractivity contribution >= 4 is 13.6 Å². The van der Waals surface area contributed by atoms with Gasteiger partial charge in [0.25, 0.3) is 0 Å². The first-order valence-electron chi connectivity index (χ1n) is 10.8. The van der Waals surface area contributed by atoms with Crippen LogP contribution in [-0.2, 0) is 29.6 Å². The van der Waals surface area contributed by atoms with Crippen molar-refractivity contribution in [2.24, 2.45) is 5.41 Å². The van der Waals surface area contributed by atoms with E-state index in [9.17, 15) is 9.36 Å². The molecule has 0 radical (unpaired) electrons. The van der Waals surface area contributed by atoms with Crippen LogP contribution < -0.4 is 0 Å². The van der Waals surface area contributed by atoms with Crippen LogP contribution >= 0.6 is 7.60 Å². The third-order valence-corrected chi connectivity index (χ3v) is 6.49. The zero-order valence-corrected chi connectivity index (χ0v) is 19.7. The van der Waals surface area contributed by atoms with Crippen molar-refractivity contribution in [1.82, 2.24) is 0 Å². The molecule has 0 saturated heterocycles. The van der Waals surface area contributed by atoms with Crippen molar-refractivity contribution in [3.63, 3.8) is 0 Å². The van der Waals surface area contributed by atoms with E-state index in [1.54, 1.807) is 0 Å². The molecule has 0 aliphatic rings. The van der Waals surface area contributed by atoms with Gasteiger partial charge in [0.2, 0.25) is 0 Å². The van der Waals surface area contributed by atoms with Gasteiger partial charge in [0.1, 0.15) is 6.10 Å². The zero-order chi connectivity index (χ0) is 21.8. The Morgan fingerprint density at radius 3 is 2.03 bits per heavy atom. The lowest BCUT2D eigenvalue weighted by molar-refractivity contribution is -0.157. The Balaban J connectivity index is 2.89. The van der Waals surface area contributed by atoms with Crippen molar-refractivity contribution in [1.29, 1.82) is 0 Å². The fourth-order valence-corrected chi connectivity index (χ4v) is 4.43. The summed E-state index contributed by atoms with van der Waals surface area (Å²) in [7, 11) is -3.34. The topological polar surface area (TPSA) is 61.8 Å². The van der Waals surface area contributed by atoms with Gasteiger partial charge < -0.3 is 13.8 Å². The minimum Gasteiger partial charge on any atom is -0.461 e. The second-order valence-corrected chi connectivity index (χ2v) is 10.6. The number of ether oxygens (including phenoxy) is 1. The molecule has 1 rings (SSSR count). The summed E-state index contributed by atoms with van der Waals surface area (Å²) in [6.45, 7) is 10.3. The van der Waals surface area contributed by atoms with Gasteiger partial charge in [-0.1, -0.05) is 57.0 Å². The molecule has 1 atom stereocenters. The molecule has 0 amide bonds. The Hall–Kier alpha value is -1.16. The van der Waals surface area contributed by atoms with Crippen molar-refractivity contribution in [2.45, 2.75) is 79.2 Å². The van der Waals surface area contributed by atoms with Gasteiger partial charge in [-0.15, -0.1) is 0 Å². The van der Waals surface area contributed by atoms with Crippen molar-refractivity contribution in [3.05, 3.63) is 35.9 Å². The van der Waals surface area contributed by atoms with Crippen molar-refractivity contribution in [3.8, 4) is 0 Å².